The molecule has 0 unspecified atom stereocenters. The van der Waals surface area contributed by atoms with E-state index in [1.54, 1.807) is 30.3 Å². The van der Waals surface area contributed by atoms with Crippen LogP contribution in [-0.2, 0) is 6.54 Å². The van der Waals surface area contributed by atoms with E-state index < -0.39 is 5.76 Å². The van der Waals surface area contributed by atoms with E-state index in [2.05, 4.69) is 11.4 Å². The minimum atomic E-state index is -2.44. The second-order valence-electron chi connectivity index (χ2n) is 3.61. The lowest BCUT2D eigenvalue weighted by molar-refractivity contribution is 0.252. The molecular weight excluding hydrogens is 286 g/mol. The predicted molar refractivity (Wildman–Crippen MR) is 74.7 cm³/mol. The Bertz CT molecular complexity index is 590. The highest BCUT2D eigenvalue weighted by atomic mass is 32.2. The number of benzene rings is 1. The van der Waals surface area contributed by atoms with Gasteiger partial charge >= 0.3 is 0 Å². The third kappa shape index (κ3) is 3.94. The Morgan fingerprint density at radius 3 is 2.74 bits per heavy atom. The number of thioether (sulfide) groups is 1. The van der Waals surface area contributed by atoms with E-state index in [-0.39, 0.29) is 0 Å². The summed E-state index contributed by atoms with van der Waals surface area (Å²) in [6, 6.07) is 12.6. The maximum Gasteiger partial charge on any atom is 0.288 e. The number of anilines is 1. The van der Waals surface area contributed by atoms with E-state index in [0.29, 0.717) is 33.8 Å². The average molecular weight is 296 g/mol. The first kappa shape index (κ1) is 13.8. The van der Waals surface area contributed by atoms with Crippen molar-refractivity contribution in [1.29, 1.82) is 5.26 Å². The molecule has 1 heterocycles. The number of nitrogens with zero attached hydrogens (tertiary/aromatic N) is 1. The van der Waals surface area contributed by atoms with Crippen molar-refractivity contribution in [3.05, 3.63) is 46.2 Å². The van der Waals surface area contributed by atoms with Gasteiger partial charge in [-0.15, -0.1) is 11.3 Å². The van der Waals surface area contributed by atoms with Gasteiger partial charge < -0.3 is 5.32 Å². The number of nitriles is 1. The number of hydrogen-bond donors (Lipinski definition) is 1. The number of para-hydroxylation sites is 1. The molecule has 0 saturated carbocycles. The molecule has 2 nitrogen and oxygen atoms in total. The van der Waals surface area contributed by atoms with Gasteiger partial charge in [-0.3, -0.25) is 0 Å². The summed E-state index contributed by atoms with van der Waals surface area (Å²) in [5.41, 5.74) is 0.680. The van der Waals surface area contributed by atoms with Crippen molar-refractivity contribution >= 4 is 28.8 Å². The first-order valence-electron chi connectivity index (χ1n) is 5.45. The van der Waals surface area contributed by atoms with Crippen LogP contribution in [0.15, 0.2) is 41.3 Å². The highest BCUT2D eigenvalue weighted by molar-refractivity contribution is 7.99. The van der Waals surface area contributed by atoms with Crippen LogP contribution >= 0.6 is 23.1 Å². The van der Waals surface area contributed by atoms with Gasteiger partial charge in [-0.2, -0.15) is 14.0 Å². The topological polar surface area (TPSA) is 35.8 Å². The normalized spacial score (nSPS) is 10.4. The van der Waals surface area contributed by atoms with Crippen LogP contribution in [0.2, 0.25) is 0 Å². The summed E-state index contributed by atoms with van der Waals surface area (Å²) in [4.78, 5) is 2.16. The van der Waals surface area contributed by atoms with Crippen LogP contribution in [-0.4, -0.2) is 5.76 Å². The van der Waals surface area contributed by atoms with Gasteiger partial charge in [0.15, 0.2) is 0 Å². The summed E-state index contributed by atoms with van der Waals surface area (Å²) < 4.78 is 24.8. The van der Waals surface area contributed by atoms with Gasteiger partial charge in [0.05, 0.1) is 0 Å². The quantitative estimate of drug-likeness (QED) is 0.822. The fourth-order valence-electron chi connectivity index (χ4n) is 1.53. The largest absolute Gasteiger partial charge is 0.379 e. The average Bonchev–Trinajstić information content (AvgIpc) is 2.85. The molecule has 2 rings (SSSR count). The molecule has 0 saturated heterocycles. The van der Waals surface area contributed by atoms with Crippen LogP contribution in [0.4, 0.5) is 14.5 Å². The zero-order valence-electron chi connectivity index (χ0n) is 9.77. The van der Waals surface area contributed by atoms with Crippen molar-refractivity contribution in [2.45, 2.75) is 17.2 Å². The molecule has 0 amide bonds. The molecule has 0 bridgehead atoms. The minimum absolute atomic E-state index is 0.521. The second-order valence-corrected chi connectivity index (χ2v) is 5.81. The first-order valence-corrected chi connectivity index (χ1v) is 7.15. The maximum absolute atomic E-state index is 12.4. The van der Waals surface area contributed by atoms with Gasteiger partial charge in [0, 0.05) is 22.0 Å². The molecule has 2 aromatic rings. The highest BCUT2D eigenvalue weighted by Gasteiger charge is 2.09. The molecule has 0 aliphatic heterocycles. The summed E-state index contributed by atoms with van der Waals surface area (Å²) >= 11 is 1.92. The van der Waals surface area contributed by atoms with Gasteiger partial charge in [0.25, 0.3) is 5.76 Å². The van der Waals surface area contributed by atoms with E-state index >= 15 is 0 Å². The highest BCUT2D eigenvalue weighted by Crippen LogP contribution is 2.32. The van der Waals surface area contributed by atoms with Gasteiger partial charge in [-0.05, 0) is 24.3 Å². The Morgan fingerprint density at radius 2 is 2.05 bits per heavy atom. The SMILES string of the molecule is N#Cc1ccc(CNc2ccccc2SC(F)F)s1. The van der Waals surface area contributed by atoms with Crippen molar-refractivity contribution in [2.24, 2.45) is 0 Å². The Labute approximate surface area is 118 Å². The van der Waals surface area contributed by atoms with Gasteiger partial charge in [-0.1, -0.05) is 23.9 Å². The molecule has 0 fully saturated rings. The molecule has 1 aromatic carbocycles. The van der Waals surface area contributed by atoms with E-state index in [1.165, 1.54) is 11.3 Å². The molecule has 0 aliphatic rings. The standard InChI is InChI=1S/C13H10F2N2S2/c14-13(15)19-12-4-2-1-3-11(12)17-8-10-6-5-9(7-16)18-10/h1-6,13,17H,8H2. The molecule has 0 aliphatic carbocycles. The van der Waals surface area contributed by atoms with Crippen molar-refractivity contribution in [1.82, 2.24) is 0 Å². The van der Waals surface area contributed by atoms with Crippen molar-refractivity contribution < 1.29 is 8.78 Å². The van der Waals surface area contributed by atoms with E-state index in [9.17, 15) is 8.78 Å². The molecule has 0 atom stereocenters. The number of halogens is 2. The van der Waals surface area contributed by atoms with Gasteiger partial charge in [0.1, 0.15) is 10.9 Å². The lowest BCUT2D eigenvalue weighted by atomic mass is 10.3. The lowest BCUT2D eigenvalue weighted by Crippen LogP contribution is -1.99. The number of thiophene rings is 1. The van der Waals surface area contributed by atoms with Crippen molar-refractivity contribution in [3.8, 4) is 6.07 Å². The van der Waals surface area contributed by atoms with Crippen molar-refractivity contribution in [2.75, 3.05) is 5.32 Å². The Morgan fingerprint density at radius 1 is 1.26 bits per heavy atom. The van der Waals surface area contributed by atoms with Gasteiger partial charge in [0.2, 0.25) is 0 Å². The van der Waals surface area contributed by atoms with Crippen LogP contribution in [0.3, 0.4) is 0 Å². The number of alkyl halides is 2. The monoisotopic (exact) mass is 296 g/mol. The van der Waals surface area contributed by atoms with Crippen LogP contribution in [0, 0.1) is 11.3 Å². The second kappa shape index (κ2) is 6.55. The minimum Gasteiger partial charge on any atom is -0.379 e. The first-order chi connectivity index (χ1) is 9.19. The van der Waals surface area contributed by atoms with Crippen LogP contribution < -0.4 is 5.32 Å². The summed E-state index contributed by atoms with van der Waals surface area (Å²) in [5.74, 6) is -2.44. The molecule has 0 radical (unpaired) electrons. The molecular formula is C13H10F2N2S2. The van der Waals surface area contributed by atoms with E-state index in [4.69, 9.17) is 5.26 Å². The number of rotatable bonds is 5. The molecule has 1 N–H and O–H groups in total. The lowest BCUT2D eigenvalue weighted by Gasteiger charge is -2.10. The number of nitrogens with one attached hydrogen (secondary N) is 1. The van der Waals surface area contributed by atoms with E-state index in [1.807, 2.05) is 6.07 Å². The fourth-order valence-corrected chi connectivity index (χ4v) is 2.89. The molecule has 19 heavy (non-hydrogen) atoms. The fraction of sp³-hybridized carbons (Fsp3) is 0.154. The summed E-state index contributed by atoms with van der Waals surface area (Å²) in [6.45, 7) is 0.521. The summed E-state index contributed by atoms with van der Waals surface area (Å²) in [7, 11) is 0. The summed E-state index contributed by atoms with van der Waals surface area (Å²) in [6.07, 6.45) is 0. The van der Waals surface area contributed by atoms with Crippen LogP contribution in [0.5, 0.6) is 0 Å². The van der Waals surface area contributed by atoms with Crippen LogP contribution in [0.1, 0.15) is 9.75 Å². The van der Waals surface area contributed by atoms with Gasteiger partial charge in [-0.25, -0.2) is 0 Å². The third-order valence-electron chi connectivity index (χ3n) is 2.33. The maximum atomic E-state index is 12.4. The predicted octanol–water partition coefficient (Wildman–Crippen LogP) is 4.55. The smallest absolute Gasteiger partial charge is 0.288 e. The van der Waals surface area contributed by atoms with Crippen LogP contribution in [0.25, 0.3) is 0 Å². The Hall–Kier alpha value is -1.58. The summed E-state index contributed by atoms with van der Waals surface area (Å²) in [5, 5.41) is 11.9. The zero-order valence-corrected chi connectivity index (χ0v) is 11.4. The Kier molecular flexibility index (Phi) is 4.77. The Balaban J connectivity index is 2.05. The number of hydrogen-bond acceptors (Lipinski definition) is 4. The molecule has 1 aromatic heterocycles. The zero-order chi connectivity index (χ0) is 13.7. The molecule has 98 valence electrons. The molecule has 0 spiro atoms. The van der Waals surface area contributed by atoms with E-state index in [0.717, 1.165) is 4.88 Å². The van der Waals surface area contributed by atoms with Crippen molar-refractivity contribution in [3.63, 3.8) is 0 Å². The molecule has 6 heteroatoms. The third-order valence-corrected chi connectivity index (χ3v) is 4.11.